The van der Waals surface area contributed by atoms with Gasteiger partial charge in [-0.25, -0.2) is 0 Å². The lowest BCUT2D eigenvalue weighted by molar-refractivity contribution is -0.107. The molecule has 0 spiro atoms. The zero-order chi connectivity index (χ0) is 12.1. The van der Waals surface area contributed by atoms with Crippen molar-refractivity contribution in [2.24, 2.45) is 0 Å². The first-order valence-electron chi connectivity index (χ1n) is 6.13. The highest BCUT2D eigenvalue weighted by molar-refractivity contribution is 6.02. The zero-order valence-electron chi connectivity index (χ0n) is 9.89. The Balaban J connectivity index is 2.06. The molecule has 0 radical (unpaired) electrons. The van der Waals surface area contributed by atoms with Gasteiger partial charge in [0, 0.05) is 24.3 Å². The summed E-state index contributed by atoms with van der Waals surface area (Å²) < 4.78 is 0. The van der Waals surface area contributed by atoms with Crippen molar-refractivity contribution in [3.63, 3.8) is 0 Å². The van der Waals surface area contributed by atoms with Gasteiger partial charge in [0.25, 0.3) is 0 Å². The zero-order valence-corrected chi connectivity index (χ0v) is 9.89. The van der Waals surface area contributed by atoms with Crippen molar-refractivity contribution < 1.29 is 9.59 Å². The fraction of sp³-hybridized carbons (Fsp3) is 0.429. The van der Waals surface area contributed by atoms with Crippen LogP contribution in [0.4, 0.5) is 5.69 Å². The Labute approximate surface area is 101 Å². The van der Waals surface area contributed by atoms with Gasteiger partial charge in [0.15, 0.2) is 5.78 Å². The molecule has 1 aromatic rings. The Morgan fingerprint density at radius 3 is 2.35 bits per heavy atom. The van der Waals surface area contributed by atoms with E-state index in [-0.39, 0.29) is 12.2 Å². The van der Waals surface area contributed by atoms with Gasteiger partial charge in [-0.15, -0.1) is 0 Å². The van der Waals surface area contributed by atoms with E-state index in [4.69, 9.17) is 0 Å². The summed E-state index contributed by atoms with van der Waals surface area (Å²) in [5.41, 5.74) is 1.80. The van der Waals surface area contributed by atoms with E-state index in [1.807, 2.05) is 24.3 Å². The van der Waals surface area contributed by atoms with Gasteiger partial charge in [0.2, 0.25) is 0 Å². The van der Waals surface area contributed by atoms with Crippen LogP contribution < -0.4 is 4.90 Å². The standard InChI is InChI=1S/C14H17NO2/c16-11-8-14(17)12-4-6-13(7-5-12)15-9-2-1-3-10-15/h4-7,11H,1-3,8-10H2. The maximum Gasteiger partial charge on any atom is 0.169 e. The van der Waals surface area contributed by atoms with Crippen molar-refractivity contribution in [3.05, 3.63) is 29.8 Å². The molecule has 0 N–H and O–H groups in total. The van der Waals surface area contributed by atoms with E-state index in [0.29, 0.717) is 11.8 Å². The summed E-state index contributed by atoms with van der Waals surface area (Å²) >= 11 is 0. The van der Waals surface area contributed by atoms with E-state index in [0.717, 1.165) is 13.1 Å². The molecule has 0 aromatic heterocycles. The van der Waals surface area contributed by atoms with Crippen LogP contribution in [0, 0.1) is 0 Å². The van der Waals surface area contributed by atoms with Crippen molar-refractivity contribution in [1.29, 1.82) is 0 Å². The molecule has 3 heteroatoms. The van der Waals surface area contributed by atoms with Crippen molar-refractivity contribution in [2.45, 2.75) is 25.7 Å². The Hall–Kier alpha value is -1.64. The lowest BCUT2D eigenvalue weighted by Crippen LogP contribution is -2.29. The van der Waals surface area contributed by atoms with Gasteiger partial charge >= 0.3 is 0 Å². The second-order valence-electron chi connectivity index (χ2n) is 4.39. The molecule has 0 amide bonds. The Kier molecular flexibility index (Phi) is 3.91. The smallest absolute Gasteiger partial charge is 0.169 e. The van der Waals surface area contributed by atoms with Crippen molar-refractivity contribution >= 4 is 17.8 Å². The minimum atomic E-state index is -0.106. The first-order chi connectivity index (χ1) is 8.31. The highest BCUT2D eigenvalue weighted by Gasteiger charge is 2.11. The number of carbonyl (C=O) groups excluding carboxylic acids is 2. The van der Waals surface area contributed by atoms with Crippen molar-refractivity contribution in [1.82, 2.24) is 0 Å². The summed E-state index contributed by atoms with van der Waals surface area (Å²) in [7, 11) is 0. The summed E-state index contributed by atoms with van der Waals surface area (Å²) in [4.78, 5) is 24.1. The number of nitrogens with zero attached hydrogens (tertiary/aromatic N) is 1. The summed E-state index contributed by atoms with van der Waals surface area (Å²) in [6.07, 6.45) is 4.42. The number of hydrogen-bond donors (Lipinski definition) is 0. The topological polar surface area (TPSA) is 37.4 Å². The molecule has 1 aromatic carbocycles. The van der Waals surface area contributed by atoms with Crippen molar-refractivity contribution in [2.75, 3.05) is 18.0 Å². The maximum atomic E-state index is 11.5. The van der Waals surface area contributed by atoms with E-state index in [1.165, 1.54) is 24.9 Å². The van der Waals surface area contributed by atoms with E-state index in [1.54, 1.807) is 0 Å². The maximum absolute atomic E-state index is 11.5. The fourth-order valence-corrected chi connectivity index (χ4v) is 2.20. The minimum Gasteiger partial charge on any atom is -0.372 e. The Morgan fingerprint density at radius 2 is 1.76 bits per heavy atom. The number of anilines is 1. The number of Topliss-reactive ketones (excluding diaryl/α,β-unsaturated/α-hetero) is 1. The number of benzene rings is 1. The van der Waals surface area contributed by atoms with Gasteiger partial charge in [-0.3, -0.25) is 4.79 Å². The van der Waals surface area contributed by atoms with Gasteiger partial charge in [0.1, 0.15) is 6.29 Å². The molecule has 1 fully saturated rings. The summed E-state index contributed by atoms with van der Waals surface area (Å²) in [5.74, 6) is -0.106. The third-order valence-electron chi connectivity index (χ3n) is 3.18. The molecule has 2 rings (SSSR count). The third-order valence-corrected chi connectivity index (χ3v) is 3.18. The van der Waals surface area contributed by atoms with Crippen LogP contribution in [0.2, 0.25) is 0 Å². The molecule has 0 saturated carbocycles. The quantitative estimate of drug-likeness (QED) is 0.454. The number of piperidine rings is 1. The van der Waals surface area contributed by atoms with Crippen LogP contribution in [-0.2, 0) is 4.79 Å². The molecule has 0 atom stereocenters. The predicted molar refractivity (Wildman–Crippen MR) is 67.5 cm³/mol. The van der Waals surface area contributed by atoms with Gasteiger partial charge < -0.3 is 9.69 Å². The lowest BCUT2D eigenvalue weighted by Gasteiger charge is -2.28. The van der Waals surface area contributed by atoms with Gasteiger partial charge in [0.05, 0.1) is 6.42 Å². The van der Waals surface area contributed by atoms with Crippen molar-refractivity contribution in [3.8, 4) is 0 Å². The normalized spacial score (nSPS) is 15.6. The molecule has 1 heterocycles. The number of carbonyl (C=O) groups is 2. The average Bonchev–Trinajstić information content (AvgIpc) is 2.40. The predicted octanol–water partition coefficient (Wildman–Crippen LogP) is 2.45. The van der Waals surface area contributed by atoms with Gasteiger partial charge in [-0.2, -0.15) is 0 Å². The van der Waals surface area contributed by atoms with Crippen LogP contribution in [-0.4, -0.2) is 25.2 Å². The monoisotopic (exact) mass is 231 g/mol. The molecule has 17 heavy (non-hydrogen) atoms. The van der Waals surface area contributed by atoms with Crippen LogP contribution in [0.25, 0.3) is 0 Å². The van der Waals surface area contributed by atoms with Crippen LogP contribution >= 0.6 is 0 Å². The highest BCUT2D eigenvalue weighted by atomic mass is 16.1. The van der Waals surface area contributed by atoms with Gasteiger partial charge in [-0.1, -0.05) is 0 Å². The second kappa shape index (κ2) is 5.62. The number of aldehydes is 1. The number of rotatable bonds is 4. The third kappa shape index (κ3) is 2.93. The van der Waals surface area contributed by atoms with E-state index < -0.39 is 0 Å². The molecule has 1 aliphatic rings. The molecule has 1 saturated heterocycles. The lowest BCUT2D eigenvalue weighted by atomic mass is 10.1. The molecule has 0 bridgehead atoms. The Bertz CT molecular complexity index is 391. The van der Waals surface area contributed by atoms with E-state index in [2.05, 4.69) is 4.90 Å². The molecule has 90 valence electrons. The first kappa shape index (κ1) is 11.8. The molecule has 0 aliphatic carbocycles. The average molecular weight is 231 g/mol. The first-order valence-corrected chi connectivity index (χ1v) is 6.13. The van der Waals surface area contributed by atoms with Crippen LogP contribution in [0.3, 0.4) is 0 Å². The van der Waals surface area contributed by atoms with E-state index >= 15 is 0 Å². The summed E-state index contributed by atoms with van der Waals surface area (Å²) in [6, 6.07) is 7.58. The SMILES string of the molecule is O=CCC(=O)c1ccc(N2CCCCC2)cc1. The fourth-order valence-electron chi connectivity index (χ4n) is 2.20. The molecule has 1 aliphatic heterocycles. The summed E-state index contributed by atoms with van der Waals surface area (Å²) in [5, 5.41) is 0. The highest BCUT2D eigenvalue weighted by Crippen LogP contribution is 2.20. The van der Waals surface area contributed by atoms with Crippen LogP contribution in [0.5, 0.6) is 0 Å². The van der Waals surface area contributed by atoms with E-state index in [9.17, 15) is 9.59 Å². The van der Waals surface area contributed by atoms with Crippen LogP contribution in [0.15, 0.2) is 24.3 Å². The number of hydrogen-bond acceptors (Lipinski definition) is 3. The molecule has 3 nitrogen and oxygen atoms in total. The van der Waals surface area contributed by atoms with Crippen LogP contribution in [0.1, 0.15) is 36.0 Å². The Morgan fingerprint density at radius 1 is 1.12 bits per heavy atom. The second-order valence-corrected chi connectivity index (χ2v) is 4.39. The number of ketones is 1. The molecular formula is C14H17NO2. The molecular weight excluding hydrogens is 214 g/mol. The molecule has 0 unspecified atom stereocenters. The summed E-state index contributed by atoms with van der Waals surface area (Å²) in [6.45, 7) is 2.20. The van der Waals surface area contributed by atoms with Gasteiger partial charge in [-0.05, 0) is 43.5 Å². The minimum absolute atomic E-state index is 0.0247. The largest absolute Gasteiger partial charge is 0.372 e.